The first-order chi connectivity index (χ1) is 17.9. The second-order valence-corrected chi connectivity index (χ2v) is 10.4. The fraction of sp³-hybridized carbons (Fsp3) is 0.519. The van der Waals surface area contributed by atoms with Crippen molar-refractivity contribution in [3.63, 3.8) is 0 Å². The van der Waals surface area contributed by atoms with Gasteiger partial charge < -0.3 is 36.2 Å². The first kappa shape index (κ1) is 27.6. The summed E-state index contributed by atoms with van der Waals surface area (Å²) in [7, 11) is 4.61. The first-order valence-corrected chi connectivity index (χ1v) is 12.7. The van der Waals surface area contributed by atoms with Crippen LogP contribution in [0.1, 0.15) is 42.9 Å². The molecule has 0 spiro atoms. The third kappa shape index (κ3) is 3.96. The number of nitrogens with one attached hydrogen (secondary N) is 1. The van der Waals surface area contributed by atoms with Crippen LogP contribution in [0, 0.1) is 11.8 Å². The molecule has 1 aromatic rings. The average Bonchev–Trinajstić information content (AvgIpc) is 2.83. The van der Waals surface area contributed by atoms with E-state index in [1.165, 1.54) is 18.1 Å². The van der Waals surface area contributed by atoms with Crippen LogP contribution < -0.4 is 15.8 Å². The molecule has 1 fully saturated rings. The number of hydrogen-bond acceptors (Lipinski definition) is 10. The van der Waals surface area contributed by atoms with Gasteiger partial charge in [-0.15, -0.1) is 0 Å². The number of carbonyl (C=O) groups excluding carboxylic acids is 3. The van der Waals surface area contributed by atoms with E-state index in [9.17, 15) is 34.8 Å². The second-order valence-electron chi connectivity index (χ2n) is 10.4. The number of aliphatic hydroxyl groups excluding tert-OH is 2. The minimum atomic E-state index is -2.66. The Hall–Kier alpha value is -3.41. The van der Waals surface area contributed by atoms with Crippen LogP contribution in [0.25, 0.3) is 5.76 Å². The number of rotatable bonds is 8. The number of aliphatic hydroxyl groups is 3. The molecule has 11 heteroatoms. The lowest BCUT2D eigenvalue weighted by molar-refractivity contribution is -0.153. The second kappa shape index (κ2) is 10.0. The van der Waals surface area contributed by atoms with E-state index in [0.717, 1.165) is 19.4 Å². The van der Waals surface area contributed by atoms with Gasteiger partial charge in [0.15, 0.2) is 11.4 Å². The molecule has 3 aliphatic carbocycles. The van der Waals surface area contributed by atoms with Crippen molar-refractivity contribution in [3.8, 4) is 11.5 Å². The number of likely N-dealkylation sites (N-methyl/N-ethyl adjacent to an activating group) is 1. The van der Waals surface area contributed by atoms with Gasteiger partial charge in [0.25, 0.3) is 5.91 Å². The summed E-state index contributed by atoms with van der Waals surface area (Å²) in [4.78, 5) is 40.6. The molecule has 7 N–H and O–H groups in total. The van der Waals surface area contributed by atoms with Crippen LogP contribution in [-0.4, -0.2) is 82.2 Å². The average molecular weight is 530 g/mol. The maximum absolute atomic E-state index is 13.9. The van der Waals surface area contributed by atoms with Crippen molar-refractivity contribution in [2.45, 2.75) is 50.8 Å². The largest absolute Gasteiger partial charge is 0.508 e. The van der Waals surface area contributed by atoms with Crippen LogP contribution >= 0.6 is 0 Å². The summed E-state index contributed by atoms with van der Waals surface area (Å²) in [6.07, 6.45) is 2.19. The van der Waals surface area contributed by atoms with Gasteiger partial charge in [-0.2, -0.15) is 0 Å². The van der Waals surface area contributed by atoms with Crippen molar-refractivity contribution >= 4 is 23.2 Å². The van der Waals surface area contributed by atoms with E-state index in [-0.39, 0.29) is 29.7 Å². The standard InChI is InChI=1S/C27H35N3O8/c1-5-6-7-29-11-13-10-16(31)18-14(23(13)38-4)8-12-9-15-20(30(2)3)22(33)19(26(28)36)25(35)27(15,37)24(34)17(12)21(18)32/h10,12,15,20,29,31-32,35,37H,5-9,11H2,1-4H3,(H2,28,36)/t12-,15-,20-,27-/m0/s1. The molecule has 11 nitrogen and oxygen atoms in total. The molecular formula is C27H35N3O8. The van der Waals surface area contributed by atoms with E-state index >= 15 is 0 Å². The molecule has 0 heterocycles. The highest BCUT2D eigenvalue weighted by atomic mass is 16.5. The topological polar surface area (TPSA) is 183 Å². The Morgan fingerprint density at radius 2 is 1.95 bits per heavy atom. The number of Topliss-reactive ketones (excluding diaryl/α,β-unsaturated/α-hetero) is 2. The molecule has 3 aliphatic rings. The molecule has 1 amide bonds. The number of nitrogens with two attached hydrogens (primary N) is 1. The smallest absolute Gasteiger partial charge is 0.255 e. The number of amides is 1. The molecule has 38 heavy (non-hydrogen) atoms. The summed E-state index contributed by atoms with van der Waals surface area (Å²) in [5.74, 6) is -6.33. The van der Waals surface area contributed by atoms with Crippen molar-refractivity contribution in [3.05, 3.63) is 39.7 Å². The number of ether oxygens (including phenoxy) is 1. The molecule has 0 aliphatic heterocycles. The number of benzene rings is 1. The zero-order valence-corrected chi connectivity index (χ0v) is 22.0. The maximum Gasteiger partial charge on any atom is 0.255 e. The highest BCUT2D eigenvalue weighted by Crippen LogP contribution is 2.54. The molecule has 1 saturated carbocycles. The molecule has 0 saturated heterocycles. The van der Waals surface area contributed by atoms with Crippen LogP contribution in [0.15, 0.2) is 23.0 Å². The van der Waals surface area contributed by atoms with Crippen LogP contribution in [0.4, 0.5) is 0 Å². The van der Waals surface area contributed by atoms with Gasteiger partial charge in [0.2, 0.25) is 5.78 Å². The van der Waals surface area contributed by atoms with E-state index in [4.69, 9.17) is 10.5 Å². The lowest BCUT2D eigenvalue weighted by atomic mass is 9.57. The lowest BCUT2D eigenvalue weighted by Crippen LogP contribution is -2.65. The Balaban J connectivity index is 1.88. The van der Waals surface area contributed by atoms with Crippen molar-refractivity contribution in [1.29, 1.82) is 0 Å². The predicted molar refractivity (Wildman–Crippen MR) is 137 cm³/mol. The minimum Gasteiger partial charge on any atom is -0.508 e. The summed E-state index contributed by atoms with van der Waals surface area (Å²) in [5.41, 5.74) is 2.85. The number of unbranched alkanes of at least 4 members (excludes halogenated alkanes) is 1. The molecule has 0 aromatic heterocycles. The van der Waals surface area contributed by atoms with E-state index in [1.807, 2.05) is 0 Å². The first-order valence-electron chi connectivity index (χ1n) is 12.7. The van der Waals surface area contributed by atoms with Gasteiger partial charge in [0.1, 0.15) is 28.6 Å². The van der Waals surface area contributed by atoms with Gasteiger partial charge in [-0.3, -0.25) is 19.3 Å². The van der Waals surface area contributed by atoms with Crippen molar-refractivity contribution in [2.24, 2.45) is 17.6 Å². The zero-order valence-electron chi connectivity index (χ0n) is 22.0. The molecule has 0 unspecified atom stereocenters. The van der Waals surface area contributed by atoms with E-state index in [2.05, 4.69) is 12.2 Å². The van der Waals surface area contributed by atoms with Crippen molar-refractivity contribution in [2.75, 3.05) is 27.7 Å². The molecule has 4 atom stereocenters. The molecule has 206 valence electrons. The third-order valence-corrected chi connectivity index (χ3v) is 7.97. The Labute approximate surface area is 220 Å². The number of phenolic OH excluding ortho intramolecular Hbond substituents is 1. The number of primary amides is 1. The SMILES string of the molecule is CCCCNCc1cc(O)c2c(c1OC)C[C@H]1C[C@H]3[C@H](N(C)C)C(=O)C(C(N)=O)=C(O)[C@@]3(O)C(=O)C1=C2O. The van der Waals surface area contributed by atoms with Gasteiger partial charge in [0.05, 0.1) is 18.7 Å². The Morgan fingerprint density at radius 3 is 2.53 bits per heavy atom. The number of nitrogens with zero attached hydrogens (tertiary/aromatic N) is 1. The van der Waals surface area contributed by atoms with Crippen molar-refractivity contribution < 1.29 is 39.5 Å². The fourth-order valence-electron chi connectivity index (χ4n) is 6.27. The number of aromatic hydroxyl groups is 1. The van der Waals surface area contributed by atoms with E-state index in [1.54, 1.807) is 14.1 Å². The monoisotopic (exact) mass is 529 g/mol. The zero-order chi connectivity index (χ0) is 28.1. The van der Waals surface area contributed by atoms with Gasteiger partial charge in [0, 0.05) is 29.2 Å². The Morgan fingerprint density at radius 1 is 1.26 bits per heavy atom. The number of ketones is 2. The molecule has 4 rings (SSSR count). The van der Waals surface area contributed by atoms with E-state index < -0.39 is 58.0 Å². The highest BCUT2D eigenvalue weighted by Gasteiger charge is 2.64. The van der Waals surface area contributed by atoms with Crippen LogP contribution in [0.2, 0.25) is 0 Å². The fourth-order valence-corrected chi connectivity index (χ4v) is 6.27. The molecule has 1 aromatic carbocycles. The summed E-state index contributed by atoms with van der Waals surface area (Å²) < 4.78 is 5.69. The lowest BCUT2D eigenvalue weighted by Gasteiger charge is -2.50. The van der Waals surface area contributed by atoms with E-state index in [0.29, 0.717) is 23.4 Å². The van der Waals surface area contributed by atoms with Crippen molar-refractivity contribution in [1.82, 2.24) is 10.2 Å². The number of carbonyl (C=O) groups is 3. The maximum atomic E-state index is 13.9. The summed E-state index contributed by atoms with van der Waals surface area (Å²) in [6.45, 7) is 3.27. The molecule has 0 radical (unpaired) electrons. The number of methoxy groups -OCH3 is 1. The quantitative estimate of drug-likeness (QED) is 0.209. The number of hydrogen-bond donors (Lipinski definition) is 6. The van der Waals surface area contributed by atoms with Crippen LogP contribution in [0.5, 0.6) is 11.5 Å². The van der Waals surface area contributed by atoms with Gasteiger partial charge in [-0.05, 0) is 51.9 Å². The molecule has 0 bridgehead atoms. The van der Waals surface area contributed by atoms with Gasteiger partial charge >= 0.3 is 0 Å². The summed E-state index contributed by atoms with van der Waals surface area (Å²) in [5, 5.41) is 48.1. The summed E-state index contributed by atoms with van der Waals surface area (Å²) in [6, 6.07) is 0.333. The summed E-state index contributed by atoms with van der Waals surface area (Å²) >= 11 is 0. The predicted octanol–water partition coefficient (Wildman–Crippen LogP) is 0.862. The third-order valence-electron chi connectivity index (χ3n) is 7.97. The Kier molecular flexibility index (Phi) is 7.30. The number of fused-ring (bicyclic) bond motifs is 3. The van der Waals surface area contributed by atoms with Gasteiger partial charge in [-0.25, -0.2) is 0 Å². The molecular weight excluding hydrogens is 494 g/mol. The van der Waals surface area contributed by atoms with Crippen LogP contribution in [0.3, 0.4) is 0 Å². The Bertz CT molecular complexity index is 1270. The highest BCUT2D eigenvalue weighted by molar-refractivity contribution is 6.24. The normalized spacial score (nSPS) is 26.8. The van der Waals surface area contributed by atoms with Crippen LogP contribution in [-0.2, 0) is 27.3 Å². The van der Waals surface area contributed by atoms with Gasteiger partial charge in [-0.1, -0.05) is 13.3 Å². The minimum absolute atomic E-state index is 0.00967. The number of phenols is 1.